The summed E-state index contributed by atoms with van der Waals surface area (Å²) in [6, 6.07) is 9.13. The van der Waals surface area contributed by atoms with Gasteiger partial charge in [-0.1, -0.05) is 91.0 Å². The molecule has 52 heavy (non-hydrogen) atoms. The lowest BCUT2D eigenvalue weighted by molar-refractivity contribution is -0.276. The number of methoxy groups -OCH3 is 1. The van der Waals surface area contributed by atoms with Crippen molar-refractivity contribution in [2.45, 2.75) is 182 Å². The normalized spacial score (nSPS) is 46.5. The zero-order valence-corrected chi connectivity index (χ0v) is 34.2. The first-order valence-corrected chi connectivity index (χ1v) is 21.9. The van der Waals surface area contributed by atoms with Gasteiger partial charge in [0.2, 0.25) is 0 Å². The molecule has 0 amide bonds. The molecule has 7 rings (SSSR count). The summed E-state index contributed by atoms with van der Waals surface area (Å²) in [5, 5.41) is 23.0. The quantitative estimate of drug-likeness (QED) is 0.199. The number of carboxylic acids is 1. The summed E-state index contributed by atoms with van der Waals surface area (Å²) in [6.45, 7) is 15.4. The number of fused-ring (bicyclic) bond motifs is 7. The maximum atomic E-state index is 12.9. The second-order valence-electron chi connectivity index (χ2n) is 20.5. The van der Waals surface area contributed by atoms with Gasteiger partial charge in [-0.3, -0.25) is 4.79 Å². The van der Waals surface area contributed by atoms with E-state index in [1.54, 1.807) is 7.11 Å². The van der Waals surface area contributed by atoms with Crippen LogP contribution in [-0.4, -0.2) is 41.8 Å². The van der Waals surface area contributed by atoms with E-state index in [9.17, 15) is 15.0 Å². The van der Waals surface area contributed by atoms with Crippen LogP contribution < -0.4 is 0 Å². The number of hydrogen-bond acceptors (Lipinski definition) is 4. The fraction of sp³-hybridized carbons (Fsp3) is 0.851. The van der Waals surface area contributed by atoms with Gasteiger partial charge in [-0.2, -0.15) is 0 Å². The van der Waals surface area contributed by atoms with Crippen molar-refractivity contribution in [3.63, 3.8) is 0 Å². The van der Waals surface area contributed by atoms with E-state index < -0.39 is 17.2 Å². The highest BCUT2D eigenvalue weighted by molar-refractivity contribution is 5.74. The van der Waals surface area contributed by atoms with E-state index >= 15 is 0 Å². The Morgan fingerprint density at radius 1 is 0.827 bits per heavy atom. The molecular weight excluding hydrogens is 645 g/mol. The van der Waals surface area contributed by atoms with E-state index in [0.29, 0.717) is 17.8 Å². The van der Waals surface area contributed by atoms with Gasteiger partial charge in [0.05, 0.1) is 18.1 Å². The largest absolute Gasteiger partial charge is 0.481 e. The highest BCUT2D eigenvalue weighted by Crippen LogP contribution is 2.81. The highest BCUT2D eigenvalue weighted by atomic mass is 16.6. The van der Waals surface area contributed by atoms with Crippen molar-refractivity contribution in [1.29, 1.82) is 0 Å². The zero-order valence-electron chi connectivity index (χ0n) is 34.2. The van der Waals surface area contributed by atoms with Gasteiger partial charge in [0.15, 0.2) is 5.79 Å². The van der Waals surface area contributed by atoms with E-state index in [2.05, 4.69) is 65.8 Å². The predicted molar refractivity (Wildman–Crippen MR) is 209 cm³/mol. The number of rotatable bonds is 13. The molecule has 1 saturated heterocycles. The van der Waals surface area contributed by atoms with Crippen LogP contribution in [0.25, 0.3) is 0 Å². The van der Waals surface area contributed by atoms with Gasteiger partial charge in [0.25, 0.3) is 0 Å². The summed E-state index contributed by atoms with van der Waals surface area (Å²) in [6.07, 6.45) is 22.3. The lowest BCUT2D eigenvalue weighted by Crippen LogP contribution is -2.69. The van der Waals surface area contributed by atoms with Gasteiger partial charge in [-0.05, 0) is 147 Å². The molecule has 2 N–H and O–H groups in total. The summed E-state index contributed by atoms with van der Waals surface area (Å²) < 4.78 is 12.4. The lowest BCUT2D eigenvalue weighted by atomic mass is 9.28. The average Bonchev–Trinajstić information content (AvgIpc) is 3.24. The van der Waals surface area contributed by atoms with Gasteiger partial charge in [-0.25, -0.2) is 0 Å². The van der Waals surface area contributed by atoms with Gasteiger partial charge in [0, 0.05) is 24.9 Å². The Morgan fingerprint density at radius 2 is 1.54 bits per heavy atom. The molecule has 6 aliphatic rings. The topological polar surface area (TPSA) is 76.0 Å². The maximum Gasteiger partial charge on any atom is 0.309 e. The van der Waals surface area contributed by atoms with Crippen molar-refractivity contribution in [2.24, 2.45) is 56.2 Å². The van der Waals surface area contributed by atoms with Crippen LogP contribution in [-0.2, 0) is 27.1 Å². The van der Waals surface area contributed by atoms with Crippen LogP contribution in [0.15, 0.2) is 24.3 Å². The van der Waals surface area contributed by atoms with E-state index in [4.69, 9.17) is 9.47 Å². The maximum absolute atomic E-state index is 12.9. The van der Waals surface area contributed by atoms with Crippen LogP contribution in [0.1, 0.15) is 168 Å². The van der Waals surface area contributed by atoms with Crippen molar-refractivity contribution in [3.8, 4) is 0 Å². The Kier molecular flexibility index (Phi) is 10.4. The molecule has 1 spiro atoms. The lowest BCUT2D eigenvalue weighted by Gasteiger charge is -2.75. The number of carboxylic acid groups (broad SMARTS) is 1. The third-order valence-electron chi connectivity index (χ3n) is 18.3. The summed E-state index contributed by atoms with van der Waals surface area (Å²) in [4.78, 5) is 12.9. The third-order valence-corrected chi connectivity index (χ3v) is 18.3. The van der Waals surface area contributed by atoms with Crippen LogP contribution in [0.2, 0.25) is 0 Å². The number of aliphatic hydroxyl groups is 1. The molecule has 5 saturated carbocycles. The molecule has 5 aliphatic carbocycles. The number of ether oxygens (including phenoxy) is 2. The first kappa shape index (κ1) is 38.8. The number of unbranched alkanes of at least 4 members (excludes halogenated alkanes) is 3. The molecule has 5 nitrogen and oxygen atoms in total. The first-order chi connectivity index (χ1) is 24.7. The first-order valence-electron chi connectivity index (χ1n) is 21.9. The molecule has 2 bridgehead atoms. The fourth-order valence-corrected chi connectivity index (χ4v) is 15.5. The smallest absolute Gasteiger partial charge is 0.309 e. The Balaban J connectivity index is 1.26. The zero-order chi connectivity index (χ0) is 37.2. The summed E-state index contributed by atoms with van der Waals surface area (Å²) in [5.74, 6) is 0.212. The van der Waals surface area contributed by atoms with Crippen LogP contribution in [0.4, 0.5) is 0 Å². The minimum Gasteiger partial charge on any atom is -0.481 e. The van der Waals surface area contributed by atoms with E-state index in [-0.39, 0.29) is 39.1 Å². The molecule has 12 unspecified atom stereocenters. The molecule has 5 heteroatoms. The van der Waals surface area contributed by atoms with Crippen molar-refractivity contribution in [1.82, 2.24) is 0 Å². The standard InChI is InChI=1S/C47H74O5/c1-8-10-11-12-21-45-29-27-43(5)35(44(45,6)28-26-41(3)24-25-42(4,40(48)49)32-38(41)45)18-22-46-36(43)19-23-47(50,37(46)13-9-2)52-39(46)31-34-16-14-33(15-17-34)20-30-51-7/h14-17,35-39,50H,8-13,18-32H2,1-7H3,(H,48,49). The highest BCUT2D eigenvalue weighted by Gasteiger charge is 2.77. The second kappa shape index (κ2) is 13.9. The second-order valence-corrected chi connectivity index (χ2v) is 20.5. The number of hydrogen-bond donors (Lipinski definition) is 2. The number of aliphatic carboxylic acids is 1. The molecule has 1 aromatic carbocycles. The Labute approximate surface area is 316 Å². The van der Waals surface area contributed by atoms with Crippen LogP contribution in [0, 0.1) is 56.2 Å². The SMILES string of the molecule is CCCCCCC12CCC3(C)C4CCC5(O)OC(Cc6ccc(CCOC)cc6)C4(CCC3C1(C)CCC1(C)CCC(C)(C(=O)O)CC12)C5CCC. The molecule has 0 radical (unpaired) electrons. The van der Waals surface area contributed by atoms with Gasteiger partial charge in [-0.15, -0.1) is 0 Å². The minimum atomic E-state index is -1.02. The van der Waals surface area contributed by atoms with E-state index in [0.717, 1.165) is 70.8 Å². The molecule has 6 fully saturated rings. The molecule has 1 aromatic rings. The molecule has 12 atom stereocenters. The molecule has 1 heterocycles. The van der Waals surface area contributed by atoms with E-state index in [1.165, 1.54) is 75.3 Å². The van der Waals surface area contributed by atoms with Crippen molar-refractivity contribution >= 4 is 5.97 Å². The molecular formula is C47H74O5. The summed E-state index contributed by atoms with van der Waals surface area (Å²) >= 11 is 0. The predicted octanol–water partition coefficient (Wildman–Crippen LogP) is 11.2. The summed E-state index contributed by atoms with van der Waals surface area (Å²) in [5.41, 5.74) is 2.79. The van der Waals surface area contributed by atoms with Crippen LogP contribution >= 0.6 is 0 Å². The monoisotopic (exact) mass is 719 g/mol. The number of benzene rings is 1. The van der Waals surface area contributed by atoms with Crippen molar-refractivity contribution in [3.05, 3.63) is 35.4 Å². The Morgan fingerprint density at radius 3 is 2.23 bits per heavy atom. The van der Waals surface area contributed by atoms with Gasteiger partial charge >= 0.3 is 5.97 Å². The van der Waals surface area contributed by atoms with Gasteiger partial charge in [0.1, 0.15) is 0 Å². The average molecular weight is 719 g/mol. The molecule has 1 aliphatic heterocycles. The number of carbonyl (C=O) groups is 1. The molecule has 292 valence electrons. The molecule has 0 aromatic heterocycles. The van der Waals surface area contributed by atoms with E-state index in [1.807, 2.05) is 0 Å². The van der Waals surface area contributed by atoms with Crippen molar-refractivity contribution in [2.75, 3.05) is 13.7 Å². The van der Waals surface area contributed by atoms with Gasteiger partial charge < -0.3 is 19.7 Å². The Bertz CT molecular complexity index is 1440. The van der Waals surface area contributed by atoms with Crippen LogP contribution in [0.3, 0.4) is 0 Å². The third kappa shape index (κ3) is 5.72. The van der Waals surface area contributed by atoms with Crippen LogP contribution in [0.5, 0.6) is 0 Å². The fourth-order valence-electron chi connectivity index (χ4n) is 15.5. The summed E-state index contributed by atoms with van der Waals surface area (Å²) in [7, 11) is 1.77. The Hall–Kier alpha value is -1.43. The minimum absolute atomic E-state index is 0.0175. The van der Waals surface area contributed by atoms with Crippen molar-refractivity contribution < 1.29 is 24.5 Å².